The molecule has 0 bridgehead atoms. The SMILES string of the molecule is COc1ccc2nc(N(/N=C/c3coc4ccccc4c3=O)C(=O)c3ccc(C)cc3C)sc2c1. The summed E-state index contributed by atoms with van der Waals surface area (Å²) in [7, 11) is 1.60. The molecule has 1 amide bonds. The summed E-state index contributed by atoms with van der Waals surface area (Å²) in [6.45, 7) is 3.85. The van der Waals surface area contributed by atoms with Crippen LogP contribution in [-0.2, 0) is 0 Å². The predicted octanol–water partition coefficient (Wildman–Crippen LogP) is 5.71. The lowest BCUT2D eigenvalue weighted by atomic mass is 10.1. The Bertz CT molecular complexity index is 1670. The molecule has 0 spiro atoms. The van der Waals surface area contributed by atoms with Gasteiger partial charge in [0.25, 0.3) is 5.91 Å². The van der Waals surface area contributed by atoms with Crippen molar-refractivity contribution in [3.8, 4) is 5.75 Å². The second kappa shape index (κ2) is 9.15. The zero-order chi connectivity index (χ0) is 24.5. The van der Waals surface area contributed by atoms with Gasteiger partial charge in [0, 0.05) is 5.56 Å². The topological polar surface area (TPSA) is 85.0 Å². The summed E-state index contributed by atoms with van der Waals surface area (Å²) in [6.07, 6.45) is 2.68. The highest BCUT2D eigenvalue weighted by atomic mass is 32.1. The van der Waals surface area contributed by atoms with Crippen molar-refractivity contribution in [1.29, 1.82) is 0 Å². The first-order valence-electron chi connectivity index (χ1n) is 10.9. The summed E-state index contributed by atoms with van der Waals surface area (Å²) < 4.78 is 11.7. The van der Waals surface area contributed by atoms with Gasteiger partial charge in [-0.1, -0.05) is 41.2 Å². The number of para-hydroxylation sites is 1. The zero-order valence-corrected chi connectivity index (χ0v) is 20.1. The van der Waals surface area contributed by atoms with Gasteiger partial charge in [-0.2, -0.15) is 10.1 Å². The maximum absolute atomic E-state index is 13.6. The molecular weight excluding hydrogens is 462 g/mol. The second-order valence-electron chi connectivity index (χ2n) is 8.03. The molecule has 0 unspecified atom stereocenters. The maximum atomic E-state index is 13.6. The fourth-order valence-corrected chi connectivity index (χ4v) is 4.72. The van der Waals surface area contributed by atoms with Crippen LogP contribution in [0.4, 0.5) is 5.13 Å². The van der Waals surface area contributed by atoms with Crippen LogP contribution in [0.5, 0.6) is 5.75 Å². The summed E-state index contributed by atoms with van der Waals surface area (Å²) in [5.41, 5.74) is 3.56. The highest BCUT2D eigenvalue weighted by molar-refractivity contribution is 7.22. The highest BCUT2D eigenvalue weighted by Gasteiger charge is 2.23. The number of anilines is 1. The van der Waals surface area contributed by atoms with E-state index < -0.39 is 0 Å². The molecule has 0 aliphatic heterocycles. The first-order chi connectivity index (χ1) is 16.9. The molecule has 2 aromatic heterocycles. The lowest BCUT2D eigenvalue weighted by Gasteiger charge is -2.15. The van der Waals surface area contributed by atoms with Crippen LogP contribution in [-0.4, -0.2) is 24.2 Å². The molecule has 0 saturated carbocycles. The number of fused-ring (bicyclic) bond motifs is 2. The first-order valence-corrected chi connectivity index (χ1v) is 11.7. The van der Waals surface area contributed by atoms with Crippen molar-refractivity contribution in [3.05, 3.63) is 99.4 Å². The van der Waals surface area contributed by atoms with Crippen LogP contribution in [0.1, 0.15) is 27.0 Å². The van der Waals surface area contributed by atoms with Gasteiger partial charge in [-0.15, -0.1) is 0 Å². The summed E-state index contributed by atoms with van der Waals surface area (Å²) in [6, 6.07) is 18.1. The third-order valence-electron chi connectivity index (χ3n) is 5.59. The average molecular weight is 484 g/mol. The van der Waals surface area contributed by atoms with Crippen LogP contribution in [0.2, 0.25) is 0 Å². The number of amides is 1. The van der Waals surface area contributed by atoms with E-state index in [1.54, 1.807) is 37.4 Å². The number of carbonyl (C=O) groups excluding carboxylic acids is 1. The van der Waals surface area contributed by atoms with Crippen LogP contribution >= 0.6 is 11.3 Å². The summed E-state index contributed by atoms with van der Waals surface area (Å²) in [5, 5.41) is 6.47. The van der Waals surface area contributed by atoms with Crippen LogP contribution in [0.25, 0.3) is 21.2 Å². The number of benzene rings is 3. The van der Waals surface area contributed by atoms with E-state index in [1.165, 1.54) is 28.8 Å². The van der Waals surface area contributed by atoms with Crippen LogP contribution in [0.15, 0.2) is 81.2 Å². The molecule has 0 aliphatic carbocycles. The minimum absolute atomic E-state index is 0.227. The van der Waals surface area contributed by atoms with Gasteiger partial charge in [-0.25, -0.2) is 4.98 Å². The normalized spacial score (nSPS) is 11.4. The third-order valence-corrected chi connectivity index (χ3v) is 6.58. The molecule has 3 aromatic carbocycles. The summed E-state index contributed by atoms with van der Waals surface area (Å²) in [4.78, 5) is 31.2. The quantitative estimate of drug-likeness (QED) is 0.236. The van der Waals surface area contributed by atoms with Crippen molar-refractivity contribution in [2.24, 2.45) is 5.10 Å². The minimum atomic E-state index is -0.352. The number of thiazole rings is 1. The van der Waals surface area contributed by atoms with Gasteiger partial charge in [0.05, 0.1) is 34.5 Å². The molecule has 0 radical (unpaired) electrons. The van der Waals surface area contributed by atoms with E-state index >= 15 is 0 Å². The Balaban J connectivity index is 1.61. The van der Waals surface area contributed by atoms with E-state index in [9.17, 15) is 9.59 Å². The highest BCUT2D eigenvalue weighted by Crippen LogP contribution is 2.32. The summed E-state index contributed by atoms with van der Waals surface area (Å²) in [5.74, 6) is 0.340. The van der Waals surface area contributed by atoms with Crippen molar-refractivity contribution in [3.63, 3.8) is 0 Å². The Morgan fingerprint density at radius 2 is 1.94 bits per heavy atom. The average Bonchev–Trinajstić information content (AvgIpc) is 3.28. The van der Waals surface area contributed by atoms with E-state index in [0.717, 1.165) is 15.8 Å². The molecule has 35 heavy (non-hydrogen) atoms. The molecule has 0 saturated heterocycles. The molecule has 7 nitrogen and oxygen atoms in total. The zero-order valence-electron chi connectivity index (χ0n) is 19.3. The molecule has 2 heterocycles. The fourth-order valence-electron chi connectivity index (χ4n) is 3.77. The van der Waals surface area contributed by atoms with E-state index in [2.05, 4.69) is 10.1 Å². The Labute approximate surface area is 204 Å². The van der Waals surface area contributed by atoms with Crippen molar-refractivity contribution >= 4 is 49.8 Å². The monoisotopic (exact) mass is 483 g/mol. The number of hydrogen-bond acceptors (Lipinski definition) is 7. The van der Waals surface area contributed by atoms with E-state index in [-0.39, 0.29) is 16.9 Å². The molecule has 0 aliphatic rings. The number of carbonyl (C=O) groups is 1. The van der Waals surface area contributed by atoms with Crippen molar-refractivity contribution in [2.75, 3.05) is 12.1 Å². The first kappa shape index (κ1) is 22.5. The number of aryl methyl sites for hydroxylation is 2. The minimum Gasteiger partial charge on any atom is -0.497 e. The van der Waals surface area contributed by atoms with Gasteiger partial charge < -0.3 is 9.15 Å². The molecule has 5 aromatic rings. The van der Waals surface area contributed by atoms with E-state index in [1.807, 2.05) is 44.2 Å². The second-order valence-corrected chi connectivity index (χ2v) is 9.04. The van der Waals surface area contributed by atoms with Gasteiger partial charge in [-0.3, -0.25) is 9.59 Å². The van der Waals surface area contributed by atoms with E-state index in [4.69, 9.17) is 9.15 Å². The lowest BCUT2D eigenvalue weighted by Crippen LogP contribution is -2.26. The summed E-state index contributed by atoms with van der Waals surface area (Å²) >= 11 is 1.31. The molecular formula is C27H21N3O4S. The largest absolute Gasteiger partial charge is 0.497 e. The number of methoxy groups -OCH3 is 1. The van der Waals surface area contributed by atoms with Gasteiger partial charge in [0.2, 0.25) is 10.6 Å². The predicted molar refractivity (Wildman–Crippen MR) is 139 cm³/mol. The van der Waals surface area contributed by atoms with Crippen LogP contribution in [0, 0.1) is 13.8 Å². The number of ether oxygens (including phenoxy) is 1. The third kappa shape index (κ3) is 4.31. The van der Waals surface area contributed by atoms with Crippen LogP contribution in [0.3, 0.4) is 0 Å². The molecule has 0 fully saturated rings. The molecule has 8 heteroatoms. The standard InChI is InChI=1S/C27H21N3O4S/c1-16-8-10-20(17(2)12-16)26(32)30(27-29-22-11-9-19(33-3)13-24(22)35-27)28-14-18-15-34-23-7-5-4-6-21(23)25(18)31/h4-15H,1-3H3/b28-14+. The molecule has 0 atom stereocenters. The Morgan fingerprint density at radius 1 is 1.11 bits per heavy atom. The van der Waals surface area contributed by atoms with Gasteiger partial charge in [0.15, 0.2) is 0 Å². The number of rotatable bonds is 5. The van der Waals surface area contributed by atoms with Crippen molar-refractivity contribution < 1.29 is 13.9 Å². The van der Waals surface area contributed by atoms with Crippen molar-refractivity contribution in [1.82, 2.24) is 4.98 Å². The number of aromatic nitrogens is 1. The Kier molecular flexibility index (Phi) is 5.88. The lowest BCUT2D eigenvalue weighted by molar-refractivity contribution is 0.0987. The van der Waals surface area contributed by atoms with E-state index in [0.29, 0.717) is 32.9 Å². The van der Waals surface area contributed by atoms with Gasteiger partial charge in [-0.05, 0) is 55.8 Å². The maximum Gasteiger partial charge on any atom is 0.281 e. The smallest absolute Gasteiger partial charge is 0.281 e. The molecule has 174 valence electrons. The number of nitrogens with zero attached hydrogens (tertiary/aromatic N) is 3. The van der Waals surface area contributed by atoms with Crippen molar-refractivity contribution in [2.45, 2.75) is 13.8 Å². The molecule has 0 N–H and O–H groups in total. The Hall–Kier alpha value is -4.30. The molecule has 5 rings (SSSR count). The van der Waals surface area contributed by atoms with Crippen LogP contribution < -0.4 is 15.2 Å². The number of hydrogen-bond donors (Lipinski definition) is 0. The fraction of sp³-hybridized carbons (Fsp3) is 0.111. The van der Waals surface area contributed by atoms with Gasteiger partial charge in [0.1, 0.15) is 17.6 Å². The van der Waals surface area contributed by atoms with Gasteiger partial charge >= 0.3 is 0 Å². The Morgan fingerprint density at radius 3 is 2.74 bits per heavy atom. The number of hydrazone groups is 1.